The zero-order chi connectivity index (χ0) is 14.4. The van der Waals surface area contributed by atoms with Crippen molar-refractivity contribution in [3.63, 3.8) is 0 Å². The van der Waals surface area contributed by atoms with E-state index in [1.54, 1.807) is 0 Å². The first-order valence-corrected chi connectivity index (χ1v) is 6.07. The molecule has 0 aromatic carbocycles. The summed E-state index contributed by atoms with van der Waals surface area (Å²) in [5.41, 5.74) is 0. The lowest BCUT2D eigenvalue weighted by molar-refractivity contribution is -0.148. The van der Waals surface area contributed by atoms with Gasteiger partial charge in [-0.15, -0.1) is 0 Å². The molecule has 1 aliphatic rings. The lowest BCUT2D eigenvalue weighted by Crippen LogP contribution is -2.48. The maximum absolute atomic E-state index is 11.4. The fraction of sp³-hybridized carbons (Fsp3) is 0.667. The molecule has 0 saturated heterocycles. The van der Waals surface area contributed by atoms with Gasteiger partial charge in [-0.05, 0) is 18.8 Å². The van der Waals surface area contributed by atoms with E-state index < -0.39 is 36.4 Å². The minimum Gasteiger partial charge on any atom is -0.480 e. The van der Waals surface area contributed by atoms with Gasteiger partial charge in [0, 0.05) is 19.8 Å². The third-order valence-electron chi connectivity index (χ3n) is 2.98. The van der Waals surface area contributed by atoms with Crippen molar-refractivity contribution >= 4 is 23.6 Å². The van der Waals surface area contributed by atoms with E-state index in [-0.39, 0.29) is 12.2 Å². The van der Waals surface area contributed by atoms with Crippen LogP contribution in [-0.2, 0) is 23.9 Å². The Bertz CT molecular complexity index is 392. The van der Waals surface area contributed by atoms with E-state index in [9.17, 15) is 19.2 Å². The molecule has 2 N–H and O–H groups in total. The number of carboxylic acids is 1. The third kappa shape index (κ3) is 5.07. The number of Topliss-reactive ketones (excluding diaryl/α,β-unsaturated/α-hetero) is 1. The van der Waals surface area contributed by atoms with E-state index in [0.29, 0.717) is 19.3 Å². The minimum absolute atomic E-state index is 0.0109. The van der Waals surface area contributed by atoms with Gasteiger partial charge in [-0.3, -0.25) is 14.4 Å². The van der Waals surface area contributed by atoms with Crippen molar-refractivity contribution in [2.75, 3.05) is 6.61 Å². The fourth-order valence-corrected chi connectivity index (χ4v) is 2.11. The average Bonchev–Trinajstić information content (AvgIpc) is 2.33. The van der Waals surface area contributed by atoms with Crippen LogP contribution in [0.5, 0.6) is 0 Å². The maximum atomic E-state index is 11.4. The third-order valence-corrected chi connectivity index (χ3v) is 2.98. The Morgan fingerprint density at radius 3 is 2.68 bits per heavy atom. The number of aliphatic carboxylic acids is 1. The highest BCUT2D eigenvalue weighted by atomic mass is 16.5. The largest absolute Gasteiger partial charge is 0.480 e. The molecule has 0 aromatic rings. The van der Waals surface area contributed by atoms with Crippen molar-refractivity contribution in [3.8, 4) is 0 Å². The number of esters is 1. The molecular weight excluding hydrogens is 254 g/mol. The molecule has 0 aliphatic heterocycles. The highest BCUT2D eigenvalue weighted by Crippen LogP contribution is 2.24. The Labute approximate surface area is 110 Å². The molecule has 1 saturated carbocycles. The summed E-state index contributed by atoms with van der Waals surface area (Å²) >= 11 is 0. The molecule has 0 unspecified atom stereocenters. The van der Waals surface area contributed by atoms with Crippen molar-refractivity contribution < 1.29 is 29.0 Å². The molecule has 1 amide bonds. The van der Waals surface area contributed by atoms with E-state index in [2.05, 4.69) is 10.1 Å². The van der Waals surface area contributed by atoms with Gasteiger partial charge in [-0.1, -0.05) is 0 Å². The quantitative estimate of drug-likeness (QED) is 0.674. The molecule has 0 radical (unpaired) electrons. The number of amides is 1. The first-order chi connectivity index (χ1) is 8.90. The SMILES string of the molecule is CC(=O)OCC(=O)N[C@H](C(=O)O)[C@H]1CCCC(=O)C1. The van der Waals surface area contributed by atoms with E-state index in [1.807, 2.05) is 0 Å². The van der Waals surface area contributed by atoms with Crippen LogP contribution in [-0.4, -0.2) is 41.4 Å². The molecule has 1 rings (SSSR count). The van der Waals surface area contributed by atoms with Gasteiger partial charge in [0.2, 0.25) is 0 Å². The van der Waals surface area contributed by atoms with Crippen LogP contribution in [0.25, 0.3) is 0 Å². The average molecular weight is 271 g/mol. The Morgan fingerprint density at radius 1 is 1.47 bits per heavy atom. The summed E-state index contributed by atoms with van der Waals surface area (Å²) in [6.45, 7) is 0.640. The summed E-state index contributed by atoms with van der Waals surface area (Å²) in [6, 6.07) is -1.12. The smallest absolute Gasteiger partial charge is 0.326 e. The first-order valence-electron chi connectivity index (χ1n) is 6.07. The molecule has 0 aromatic heterocycles. The second kappa shape index (κ2) is 6.86. The normalized spacial score (nSPS) is 20.5. The van der Waals surface area contributed by atoms with Crippen LogP contribution in [0.15, 0.2) is 0 Å². The van der Waals surface area contributed by atoms with E-state index in [4.69, 9.17) is 5.11 Å². The van der Waals surface area contributed by atoms with Crippen molar-refractivity contribution in [1.82, 2.24) is 5.32 Å². The summed E-state index contributed by atoms with van der Waals surface area (Å²) in [5, 5.41) is 11.4. The van der Waals surface area contributed by atoms with Crippen LogP contribution in [0.1, 0.15) is 32.6 Å². The second-order valence-electron chi connectivity index (χ2n) is 4.56. The first kappa shape index (κ1) is 15.1. The zero-order valence-corrected chi connectivity index (χ0v) is 10.7. The number of carbonyl (C=O) groups is 4. The lowest BCUT2D eigenvalue weighted by Gasteiger charge is -2.27. The predicted molar refractivity (Wildman–Crippen MR) is 63.2 cm³/mol. The van der Waals surface area contributed by atoms with Crippen LogP contribution in [0.3, 0.4) is 0 Å². The summed E-state index contributed by atoms with van der Waals surface area (Å²) in [7, 11) is 0. The van der Waals surface area contributed by atoms with E-state index >= 15 is 0 Å². The monoisotopic (exact) mass is 271 g/mol. The lowest BCUT2D eigenvalue weighted by atomic mass is 9.83. The zero-order valence-electron chi connectivity index (χ0n) is 10.7. The Hall–Kier alpha value is -1.92. The van der Waals surface area contributed by atoms with Gasteiger partial charge in [0.1, 0.15) is 11.8 Å². The molecule has 106 valence electrons. The van der Waals surface area contributed by atoms with Gasteiger partial charge in [-0.25, -0.2) is 4.79 Å². The molecule has 1 fully saturated rings. The number of nitrogens with one attached hydrogen (secondary N) is 1. The Kier molecular flexibility index (Phi) is 5.47. The van der Waals surface area contributed by atoms with E-state index in [0.717, 1.165) is 6.92 Å². The molecule has 2 atom stereocenters. The number of carboxylic acid groups (broad SMARTS) is 1. The van der Waals surface area contributed by atoms with Crippen molar-refractivity contribution in [1.29, 1.82) is 0 Å². The van der Waals surface area contributed by atoms with Crippen LogP contribution in [0.4, 0.5) is 0 Å². The van der Waals surface area contributed by atoms with Gasteiger partial charge < -0.3 is 15.2 Å². The van der Waals surface area contributed by atoms with Gasteiger partial charge in [0.15, 0.2) is 6.61 Å². The molecule has 7 heteroatoms. The minimum atomic E-state index is -1.18. The molecule has 0 heterocycles. The van der Waals surface area contributed by atoms with E-state index in [1.165, 1.54) is 0 Å². The Morgan fingerprint density at radius 2 is 2.16 bits per heavy atom. The van der Waals surface area contributed by atoms with Crippen molar-refractivity contribution in [2.45, 2.75) is 38.6 Å². The summed E-state index contributed by atoms with van der Waals surface area (Å²) in [4.78, 5) is 44.5. The highest BCUT2D eigenvalue weighted by Gasteiger charge is 2.33. The number of hydrogen-bond acceptors (Lipinski definition) is 5. The molecule has 0 spiro atoms. The summed E-state index contributed by atoms with van der Waals surface area (Å²) in [6.07, 6.45) is 1.83. The standard InChI is InChI=1S/C12H17NO6/c1-7(14)19-6-10(16)13-11(12(17)18)8-3-2-4-9(15)5-8/h8,11H,2-6H2,1H3,(H,13,16)(H,17,18)/t8-,11-/m0/s1. The van der Waals surface area contributed by atoms with Gasteiger partial charge in [0.25, 0.3) is 5.91 Å². The summed E-state index contributed by atoms with van der Waals surface area (Å²) in [5.74, 6) is -2.87. The van der Waals surface area contributed by atoms with Crippen LogP contribution in [0.2, 0.25) is 0 Å². The number of hydrogen-bond donors (Lipinski definition) is 2. The van der Waals surface area contributed by atoms with Crippen LogP contribution < -0.4 is 5.32 Å². The second-order valence-corrected chi connectivity index (χ2v) is 4.56. The number of ether oxygens (including phenoxy) is 1. The van der Waals surface area contributed by atoms with Crippen molar-refractivity contribution in [3.05, 3.63) is 0 Å². The van der Waals surface area contributed by atoms with Gasteiger partial charge >= 0.3 is 11.9 Å². The number of rotatable bonds is 5. The van der Waals surface area contributed by atoms with Crippen LogP contribution >= 0.6 is 0 Å². The molecule has 19 heavy (non-hydrogen) atoms. The Balaban J connectivity index is 2.57. The fourth-order valence-electron chi connectivity index (χ4n) is 2.11. The molecular formula is C12H17NO6. The molecule has 1 aliphatic carbocycles. The summed E-state index contributed by atoms with van der Waals surface area (Å²) < 4.78 is 4.48. The topological polar surface area (TPSA) is 110 Å². The van der Waals surface area contributed by atoms with Crippen LogP contribution in [0, 0.1) is 5.92 Å². The molecule has 0 bridgehead atoms. The number of carbonyl (C=O) groups excluding carboxylic acids is 3. The highest BCUT2D eigenvalue weighted by molar-refractivity contribution is 5.86. The van der Waals surface area contributed by atoms with Crippen molar-refractivity contribution in [2.24, 2.45) is 5.92 Å². The predicted octanol–water partition coefficient (Wildman–Crippen LogP) is -0.122. The molecule has 7 nitrogen and oxygen atoms in total. The number of ketones is 1. The van der Waals surface area contributed by atoms with Gasteiger partial charge in [-0.2, -0.15) is 0 Å². The maximum Gasteiger partial charge on any atom is 0.326 e. The van der Waals surface area contributed by atoms with Gasteiger partial charge in [0.05, 0.1) is 0 Å².